The molecule has 1 aromatic heterocycles. The van der Waals surface area contributed by atoms with Gasteiger partial charge in [0.05, 0.1) is 12.7 Å². The maximum atomic E-state index is 13.7. The van der Waals surface area contributed by atoms with Gasteiger partial charge in [0.1, 0.15) is 5.82 Å². The van der Waals surface area contributed by atoms with Gasteiger partial charge >= 0.3 is 5.97 Å². The highest BCUT2D eigenvalue weighted by atomic mass is 19.1. The van der Waals surface area contributed by atoms with Gasteiger partial charge in [0.25, 0.3) is 5.91 Å². The zero-order chi connectivity index (χ0) is 18.7. The number of halogens is 1. The van der Waals surface area contributed by atoms with Crippen molar-refractivity contribution in [3.63, 3.8) is 0 Å². The molecule has 0 aliphatic rings. The summed E-state index contributed by atoms with van der Waals surface area (Å²) in [5, 5.41) is 6.36. The molecule has 0 atom stereocenters. The van der Waals surface area contributed by atoms with Crippen LogP contribution in [0, 0.1) is 12.7 Å². The Kier molecular flexibility index (Phi) is 4.79. The molecule has 1 amide bonds. The molecule has 0 unspecified atom stereocenters. The number of ether oxygens (including phenoxy) is 1. The van der Waals surface area contributed by atoms with E-state index in [0.717, 1.165) is 0 Å². The zero-order valence-electron chi connectivity index (χ0n) is 14.1. The molecule has 3 rings (SSSR count). The molecule has 26 heavy (non-hydrogen) atoms. The Morgan fingerprint density at radius 2 is 1.85 bits per heavy atom. The van der Waals surface area contributed by atoms with Gasteiger partial charge in [-0.3, -0.25) is 4.79 Å². The molecule has 1 heterocycles. The van der Waals surface area contributed by atoms with Crippen molar-refractivity contribution in [3.05, 3.63) is 71.2 Å². The average molecular weight is 354 g/mol. The normalized spacial score (nSPS) is 10.4. The number of nitrogens with one attached hydrogen (secondary N) is 1. The number of carbonyl (C=O) groups is 2. The summed E-state index contributed by atoms with van der Waals surface area (Å²) in [4.78, 5) is 23.6. The monoisotopic (exact) mass is 354 g/mol. The molecule has 0 spiro atoms. The molecule has 7 heteroatoms. The first-order valence-corrected chi connectivity index (χ1v) is 7.71. The summed E-state index contributed by atoms with van der Waals surface area (Å²) >= 11 is 0. The number of hydrogen-bond acceptors (Lipinski definition) is 5. The fourth-order valence-electron chi connectivity index (χ4n) is 2.27. The van der Waals surface area contributed by atoms with Crippen molar-refractivity contribution < 1.29 is 23.2 Å². The Morgan fingerprint density at radius 3 is 2.50 bits per heavy atom. The quantitative estimate of drug-likeness (QED) is 0.720. The van der Waals surface area contributed by atoms with E-state index < -0.39 is 11.9 Å². The first-order chi connectivity index (χ1) is 12.5. The molecular weight excluding hydrogens is 339 g/mol. The summed E-state index contributed by atoms with van der Waals surface area (Å²) in [6.45, 7) is 1.66. The molecule has 0 saturated heterocycles. The number of methoxy groups -OCH3 is 1. The van der Waals surface area contributed by atoms with Crippen LogP contribution in [-0.4, -0.2) is 24.1 Å². The van der Waals surface area contributed by atoms with Crippen LogP contribution in [0.25, 0.3) is 11.3 Å². The number of hydrogen-bond donors (Lipinski definition) is 1. The Morgan fingerprint density at radius 1 is 1.12 bits per heavy atom. The molecule has 0 aliphatic carbocycles. The molecule has 0 saturated carbocycles. The summed E-state index contributed by atoms with van der Waals surface area (Å²) in [7, 11) is 1.29. The van der Waals surface area contributed by atoms with E-state index in [2.05, 4.69) is 15.2 Å². The van der Waals surface area contributed by atoms with Crippen molar-refractivity contribution in [2.24, 2.45) is 0 Å². The summed E-state index contributed by atoms with van der Waals surface area (Å²) in [5.74, 6) is -1.03. The van der Waals surface area contributed by atoms with E-state index in [1.165, 1.54) is 31.4 Å². The second kappa shape index (κ2) is 7.18. The van der Waals surface area contributed by atoms with E-state index in [0.29, 0.717) is 22.4 Å². The number of rotatable bonds is 4. The predicted octanol–water partition coefficient (Wildman–Crippen LogP) is 3.83. The lowest BCUT2D eigenvalue weighted by Gasteiger charge is -2.04. The molecule has 6 nitrogen and oxygen atoms in total. The van der Waals surface area contributed by atoms with Gasteiger partial charge in [-0.2, -0.15) is 0 Å². The fourth-order valence-corrected chi connectivity index (χ4v) is 2.27. The SMILES string of the molecule is COC(=O)c1ccc(NC(=O)c2cc(-c3ccc(C)c(F)c3)on2)cc1. The number of esters is 1. The van der Waals surface area contributed by atoms with Gasteiger partial charge < -0.3 is 14.6 Å². The van der Waals surface area contributed by atoms with Crippen molar-refractivity contribution in [1.29, 1.82) is 0 Å². The molecule has 0 bridgehead atoms. The van der Waals surface area contributed by atoms with Gasteiger partial charge in [-0.25, -0.2) is 9.18 Å². The Balaban J connectivity index is 1.73. The third kappa shape index (κ3) is 3.61. The van der Waals surface area contributed by atoms with Crippen molar-refractivity contribution in [2.75, 3.05) is 12.4 Å². The third-order valence-electron chi connectivity index (χ3n) is 3.76. The van der Waals surface area contributed by atoms with Crippen LogP contribution in [0.4, 0.5) is 10.1 Å². The van der Waals surface area contributed by atoms with Crippen molar-refractivity contribution in [1.82, 2.24) is 5.16 Å². The Hall–Kier alpha value is -3.48. The lowest BCUT2D eigenvalue weighted by atomic mass is 10.1. The van der Waals surface area contributed by atoms with Crippen molar-refractivity contribution >= 4 is 17.6 Å². The fraction of sp³-hybridized carbons (Fsp3) is 0.105. The van der Waals surface area contributed by atoms with Gasteiger partial charge in [-0.1, -0.05) is 17.3 Å². The molecule has 0 radical (unpaired) electrons. The second-order valence-corrected chi connectivity index (χ2v) is 5.56. The van der Waals surface area contributed by atoms with Gasteiger partial charge in [0, 0.05) is 17.3 Å². The molecule has 3 aromatic rings. The molecule has 1 N–H and O–H groups in total. The minimum atomic E-state index is -0.488. The second-order valence-electron chi connectivity index (χ2n) is 5.56. The summed E-state index contributed by atoms with van der Waals surface area (Å²) < 4.78 is 23.4. The molecule has 2 aromatic carbocycles. The average Bonchev–Trinajstić information content (AvgIpc) is 3.14. The summed E-state index contributed by atoms with van der Waals surface area (Å²) in [5.41, 5.74) is 1.91. The minimum Gasteiger partial charge on any atom is -0.465 e. The van der Waals surface area contributed by atoms with E-state index in [1.807, 2.05) is 0 Å². The lowest BCUT2D eigenvalue weighted by Crippen LogP contribution is -2.12. The topological polar surface area (TPSA) is 81.4 Å². The van der Waals surface area contributed by atoms with E-state index in [-0.39, 0.29) is 17.3 Å². The van der Waals surface area contributed by atoms with Crippen LogP contribution in [0.1, 0.15) is 26.4 Å². The Labute approximate surface area is 148 Å². The van der Waals surface area contributed by atoms with Crippen LogP contribution < -0.4 is 5.32 Å². The van der Waals surface area contributed by atoms with Gasteiger partial charge in [-0.15, -0.1) is 0 Å². The number of benzene rings is 2. The van der Waals surface area contributed by atoms with Crippen LogP contribution in [0.15, 0.2) is 53.1 Å². The first kappa shape index (κ1) is 17.3. The van der Waals surface area contributed by atoms with Gasteiger partial charge in [0.15, 0.2) is 11.5 Å². The van der Waals surface area contributed by atoms with Crippen LogP contribution in [0.2, 0.25) is 0 Å². The third-order valence-corrected chi connectivity index (χ3v) is 3.76. The maximum Gasteiger partial charge on any atom is 0.337 e. The van der Waals surface area contributed by atoms with Crippen LogP contribution in [-0.2, 0) is 4.74 Å². The highest BCUT2D eigenvalue weighted by molar-refractivity contribution is 6.03. The van der Waals surface area contributed by atoms with Crippen molar-refractivity contribution in [3.8, 4) is 11.3 Å². The minimum absolute atomic E-state index is 0.0537. The van der Waals surface area contributed by atoms with Crippen LogP contribution in [0.3, 0.4) is 0 Å². The summed E-state index contributed by atoms with van der Waals surface area (Å²) in [6.07, 6.45) is 0. The van der Waals surface area contributed by atoms with E-state index >= 15 is 0 Å². The lowest BCUT2D eigenvalue weighted by molar-refractivity contribution is 0.0600. The van der Waals surface area contributed by atoms with Crippen LogP contribution >= 0.6 is 0 Å². The van der Waals surface area contributed by atoms with Crippen LogP contribution in [0.5, 0.6) is 0 Å². The predicted molar refractivity (Wildman–Crippen MR) is 92.4 cm³/mol. The largest absolute Gasteiger partial charge is 0.465 e. The molecule has 0 aliphatic heterocycles. The first-order valence-electron chi connectivity index (χ1n) is 7.71. The zero-order valence-corrected chi connectivity index (χ0v) is 14.1. The van der Waals surface area contributed by atoms with Crippen molar-refractivity contribution in [2.45, 2.75) is 6.92 Å². The number of aromatic nitrogens is 1. The summed E-state index contributed by atoms with van der Waals surface area (Å²) in [6, 6.07) is 12.3. The highest BCUT2D eigenvalue weighted by Gasteiger charge is 2.15. The smallest absolute Gasteiger partial charge is 0.337 e. The highest BCUT2D eigenvalue weighted by Crippen LogP contribution is 2.23. The van der Waals surface area contributed by atoms with Gasteiger partial charge in [-0.05, 0) is 42.8 Å². The maximum absolute atomic E-state index is 13.7. The van der Waals surface area contributed by atoms with E-state index in [9.17, 15) is 14.0 Å². The number of amides is 1. The number of carbonyl (C=O) groups excluding carboxylic acids is 2. The Bertz CT molecular complexity index is 964. The number of anilines is 1. The molecule has 132 valence electrons. The molecule has 0 fully saturated rings. The number of nitrogens with zero attached hydrogens (tertiary/aromatic N) is 1. The van der Waals surface area contributed by atoms with Gasteiger partial charge in [0.2, 0.25) is 0 Å². The van der Waals surface area contributed by atoms with E-state index in [4.69, 9.17) is 4.52 Å². The molecular formula is C19H15FN2O4. The van der Waals surface area contributed by atoms with E-state index in [1.54, 1.807) is 31.2 Å². The number of aryl methyl sites for hydroxylation is 1. The standard InChI is InChI=1S/C19H15FN2O4/c1-11-3-4-13(9-15(11)20)17-10-16(22-26-17)18(23)21-14-7-5-12(6-8-14)19(24)25-2/h3-10H,1-2H3,(H,21,23).